The maximum atomic E-state index is 14.1. The molecule has 1 unspecified atom stereocenters. The Balaban J connectivity index is 1.71. The molecule has 0 aliphatic carbocycles. The van der Waals surface area contributed by atoms with Crippen molar-refractivity contribution < 1.29 is 22.7 Å². The molecule has 4 aromatic rings. The highest BCUT2D eigenvalue weighted by Crippen LogP contribution is 2.29. The van der Waals surface area contributed by atoms with Crippen LogP contribution in [0.1, 0.15) is 37.5 Å². The number of para-hydroxylation sites is 1. The number of amides is 2. The van der Waals surface area contributed by atoms with Gasteiger partial charge in [-0.05, 0) is 88.7 Å². The molecule has 1 N–H and O–H groups in total. The Morgan fingerprint density at radius 1 is 0.773 bits per heavy atom. The topological polar surface area (TPSA) is 96.0 Å². The Morgan fingerprint density at radius 3 is 2.02 bits per heavy atom. The molecule has 0 heterocycles. The Bertz CT molecular complexity index is 1670. The number of ether oxygens (including phenoxy) is 1. The van der Waals surface area contributed by atoms with Crippen molar-refractivity contribution in [3.8, 4) is 11.5 Å². The molecule has 0 aromatic heterocycles. The molecule has 0 fully saturated rings. The van der Waals surface area contributed by atoms with Gasteiger partial charge in [-0.25, -0.2) is 8.42 Å². The normalized spacial score (nSPS) is 12.0. The highest BCUT2D eigenvalue weighted by Gasteiger charge is 2.32. The molecule has 0 bridgehead atoms. The first kappa shape index (κ1) is 32.3. The van der Waals surface area contributed by atoms with Crippen LogP contribution in [0.5, 0.6) is 11.5 Å². The fourth-order valence-corrected chi connectivity index (χ4v) is 6.08. The van der Waals surface area contributed by atoms with Gasteiger partial charge in [-0.15, -0.1) is 0 Å². The van der Waals surface area contributed by atoms with Gasteiger partial charge in [-0.1, -0.05) is 65.7 Å². The summed E-state index contributed by atoms with van der Waals surface area (Å²) in [5, 5.41) is 2.87. The van der Waals surface area contributed by atoms with Gasteiger partial charge < -0.3 is 15.0 Å². The number of carbonyl (C=O) groups excluding carboxylic acids is 2. The van der Waals surface area contributed by atoms with Crippen LogP contribution in [-0.2, 0) is 26.2 Å². The monoisotopic (exact) mass is 613 g/mol. The van der Waals surface area contributed by atoms with Gasteiger partial charge in [0.05, 0.1) is 10.6 Å². The van der Waals surface area contributed by atoms with E-state index in [1.165, 1.54) is 17.0 Å². The number of nitrogens with zero attached hydrogens (tertiary/aromatic N) is 2. The third-order valence-electron chi connectivity index (χ3n) is 7.03. The first-order chi connectivity index (χ1) is 20.9. The molecule has 0 aliphatic heterocycles. The van der Waals surface area contributed by atoms with E-state index in [1.54, 1.807) is 43.3 Å². The van der Waals surface area contributed by atoms with Crippen molar-refractivity contribution in [2.24, 2.45) is 0 Å². The Morgan fingerprint density at radius 2 is 1.41 bits per heavy atom. The number of sulfonamides is 1. The lowest BCUT2D eigenvalue weighted by molar-refractivity contribution is -0.139. The van der Waals surface area contributed by atoms with Crippen molar-refractivity contribution in [3.63, 3.8) is 0 Å². The van der Waals surface area contributed by atoms with Gasteiger partial charge >= 0.3 is 0 Å². The molecule has 0 saturated carbocycles. The number of anilines is 1. The predicted octanol–water partition coefficient (Wildman–Crippen LogP) is 6.23. The fraction of sp³-hybridized carbons (Fsp3) is 0.257. The number of hydrogen-bond donors (Lipinski definition) is 1. The lowest BCUT2D eigenvalue weighted by atomic mass is 10.1. The van der Waals surface area contributed by atoms with Gasteiger partial charge in [-0.3, -0.25) is 13.9 Å². The molecule has 0 saturated heterocycles. The number of hydrogen-bond acceptors (Lipinski definition) is 5. The molecule has 9 heteroatoms. The third-order valence-corrected chi connectivity index (χ3v) is 8.81. The maximum Gasteiger partial charge on any atom is 0.264 e. The minimum absolute atomic E-state index is 0.0522. The van der Waals surface area contributed by atoms with Crippen LogP contribution in [0, 0.1) is 13.8 Å². The van der Waals surface area contributed by atoms with Gasteiger partial charge in [0.15, 0.2) is 0 Å². The summed E-state index contributed by atoms with van der Waals surface area (Å²) in [4.78, 5) is 28.7. The van der Waals surface area contributed by atoms with E-state index < -0.39 is 28.5 Å². The van der Waals surface area contributed by atoms with Gasteiger partial charge in [0.2, 0.25) is 11.8 Å². The summed E-state index contributed by atoms with van der Waals surface area (Å²) in [6, 6.07) is 28.9. The van der Waals surface area contributed by atoms with Crippen molar-refractivity contribution in [2.45, 2.75) is 58.1 Å². The minimum atomic E-state index is -4.17. The Kier molecular flexibility index (Phi) is 10.4. The maximum absolute atomic E-state index is 14.1. The van der Waals surface area contributed by atoms with Gasteiger partial charge in [-0.2, -0.15) is 0 Å². The van der Waals surface area contributed by atoms with E-state index in [9.17, 15) is 18.0 Å². The van der Waals surface area contributed by atoms with Crippen molar-refractivity contribution in [2.75, 3.05) is 10.8 Å². The van der Waals surface area contributed by atoms with Crippen molar-refractivity contribution in [1.29, 1.82) is 0 Å². The van der Waals surface area contributed by atoms with Gasteiger partial charge in [0.25, 0.3) is 10.0 Å². The lowest BCUT2D eigenvalue weighted by Crippen LogP contribution is -2.52. The minimum Gasteiger partial charge on any atom is -0.457 e. The fourth-order valence-electron chi connectivity index (χ4n) is 4.67. The summed E-state index contributed by atoms with van der Waals surface area (Å²) < 4.78 is 35.1. The molecule has 2 amide bonds. The number of carbonyl (C=O) groups is 2. The zero-order chi connectivity index (χ0) is 31.9. The molecular weight excluding hydrogens is 574 g/mol. The molecule has 44 heavy (non-hydrogen) atoms. The second kappa shape index (κ2) is 14.2. The second-order valence-electron chi connectivity index (χ2n) is 11.1. The summed E-state index contributed by atoms with van der Waals surface area (Å²) in [7, 11) is -4.17. The van der Waals surface area contributed by atoms with Crippen LogP contribution < -0.4 is 14.4 Å². The van der Waals surface area contributed by atoms with Crippen LogP contribution in [-0.4, -0.2) is 43.8 Å². The number of rotatable bonds is 12. The Labute approximate surface area is 260 Å². The van der Waals surface area contributed by atoms with Crippen LogP contribution in [0.15, 0.2) is 108 Å². The van der Waals surface area contributed by atoms with Crippen LogP contribution >= 0.6 is 0 Å². The molecule has 0 spiro atoms. The number of benzene rings is 4. The highest BCUT2D eigenvalue weighted by atomic mass is 32.2. The lowest BCUT2D eigenvalue weighted by Gasteiger charge is -2.32. The summed E-state index contributed by atoms with van der Waals surface area (Å²) in [5.41, 5.74) is 3.03. The first-order valence-corrected chi connectivity index (χ1v) is 16.0. The largest absolute Gasteiger partial charge is 0.457 e. The summed E-state index contributed by atoms with van der Waals surface area (Å²) >= 11 is 0. The van der Waals surface area contributed by atoms with E-state index in [0.29, 0.717) is 11.5 Å². The van der Waals surface area contributed by atoms with Crippen molar-refractivity contribution >= 4 is 27.5 Å². The smallest absolute Gasteiger partial charge is 0.264 e. The Hall–Kier alpha value is -4.63. The predicted molar refractivity (Wildman–Crippen MR) is 173 cm³/mol. The van der Waals surface area contributed by atoms with Crippen LogP contribution in [0.4, 0.5) is 5.69 Å². The summed E-state index contributed by atoms with van der Waals surface area (Å²) in [5.74, 6) is 0.314. The van der Waals surface area contributed by atoms with E-state index in [1.807, 2.05) is 82.3 Å². The molecule has 8 nitrogen and oxygen atoms in total. The molecular formula is C35H39N3O5S. The SMILES string of the molecule is Cc1ccc(S(=O)(=O)N(CC(=O)N(Cc2cccc(C)c2)C(C)C(=O)NC(C)C)c2ccc(Oc3ccccc3)cc2)cc1. The molecule has 4 rings (SSSR count). The van der Waals surface area contributed by atoms with Gasteiger partial charge in [0.1, 0.15) is 24.1 Å². The zero-order valence-electron chi connectivity index (χ0n) is 25.7. The number of nitrogens with one attached hydrogen (secondary N) is 1. The third kappa shape index (κ3) is 8.26. The zero-order valence-corrected chi connectivity index (χ0v) is 26.5. The van der Waals surface area contributed by atoms with Gasteiger partial charge in [0, 0.05) is 12.6 Å². The summed E-state index contributed by atoms with van der Waals surface area (Å²) in [6.07, 6.45) is 0. The summed E-state index contributed by atoms with van der Waals surface area (Å²) in [6.45, 7) is 8.79. The standard InChI is InChI=1S/C35H39N3O5S/c1-25(2)36-35(40)28(5)37(23-29-11-9-10-27(4)22-29)34(39)24-38(44(41,42)33-20-14-26(3)15-21-33)30-16-18-32(19-17-30)43-31-12-7-6-8-13-31/h6-22,25,28H,23-24H2,1-5H3,(H,36,40). The quantitative estimate of drug-likeness (QED) is 0.204. The highest BCUT2D eigenvalue weighted by molar-refractivity contribution is 7.92. The second-order valence-corrected chi connectivity index (χ2v) is 12.9. The van der Waals surface area contributed by atoms with E-state index in [0.717, 1.165) is 21.0 Å². The van der Waals surface area contributed by atoms with Crippen LogP contribution in [0.25, 0.3) is 0 Å². The van der Waals surface area contributed by atoms with E-state index in [-0.39, 0.29) is 29.1 Å². The average molecular weight is 614 g/mol. The molecule has 230 valence electrons. The van der Waals surface area contributed by atoms with E-state index in [4.69, 9.17) is 4.74 Å². The average Bonchev–Trinajstić information content (AvgIpc) is 2.99. The van der Waals surface area contributed by atoms with Crippen molar-refractivity contribution in [3.05, 3.63) is 120 Å². The molecule has 1 atom stereocenters. The number of aryl methyl sites for hydroxylation is 2. The van der Waals surface area contributed by atoms with E-state index >= 15 is 0 Å². The first-order valence-electron chi connectivity index (χ1n) is 14.5. The molecule has 0 aliphatic rings. The van der Waals surface area contributed by atoms with Crippen LogP contribution in [0.3, 0.4) is 0 Å². The molecule has 0 radical (unpaired) electrons. The van der Waals surface area contributed by atoms with E-state index in [2.05, 4.69) is 5.32 Å². The molecule has 4 aromatic carbocycles. The van der Waals surface area contributed by atoms with Crippen LogP contribution in [0.2, 0.25) is 0 Å². The van der Waals surface area contributed by atoms with Crippen molar-refractivity contribution in [1.82, 2.24) is 10.2 Å².